The predicted octanol–water partition coefficient (Wildman–Crippen LogP) is 2.49. The molecule has 0 radical (unpaired) electrons. The first-order chi connectivity index (χ1) is 8.24. The first-order valence-corrected chi connectivity index (χ1v) is 6.53. The third-order valence-corrected chi connectivity index (χ3v) is 3.34. The van der Waals surface area contributed by atoms with E-state index in [4.69, 9.17) is 17.3 Å². The van der Waals surface area contributed by atoms with Gasteiger partial charge in [0.1, 0.15) is 0 Å². The first-order valence-electron chi connectivity index (χ1n) is 6.15. The zero-order chi connectivity index (χ0) is 12.1. The smallest absolute Gasteiger partial charge is 0.228 e. The zero-order valence-corrected chi connectivity index (χ0v) is 10.6. The van der Waals surface area contributed by atoms with E-state index in [1.807, 2.05) is 0 Å². The van der Waals surface area contributed by atoms with Gasteiger partial charge in [0, 0.05) is 6.54 Å². The van der Waals surface area contributed by atoms with E-state index in [-0.39, 0.29) is 11.2 Å². The SMILES string of the molecule is Nc1nc(Cl)nc(NCCCC2CCCC2)n1. The molecular weight excluding hydrogens is 238 g/mol. The highest BCUT2D eigenvalue weighted by Crippen LogP contribution is 2.28. The minimum absolute atomic E-state index is 0.135. The number of anilines is 2. The molecule has 1 fully saturated rings. The number of hydrogen-bond acceptors (Lipinski definition) is 5. The molecule has 1 heterocycles. The number of nitrogens with zero attached hydrogens (tertiary/aromatic N) is 3. The van der Waals surface area contributed by atoms with E-state index >= 15 is 0 Å². The highest BCUT2D eigenvalue weighted by molar-refractivity contribution is 6.28. The largest absolute Gasteiger partial charge is 0.368 e. The lowest BCUT2D eigenvalue weighted by molar-refractivity contribution is 0.491. The van der Waals surface area contributed by atoms with Crippen molar-refractivity contribution >= 4 is 23.5 Å². The lowest BCUT2D eigenvalue weighted by Crippen LogP contribution is -2.09. The number of aromatic nitrogens is 3. The number of nitrogens with two attached hydrogens (primary N) is 1. The minimum atomic E-state index is 0.135. The fourth-order valence-corrected chi connectivity index (χ4v) is 2.50. The zero-order valence-electron chi connectivity index (χ0n) is 9.82. The van der Waals surface area contributed by atoms with Crippen LogP contribution in [0.3, 0.4) is 0 Å². The fraction of sp³-hybridized carbons (Fsp3) is 0.727. The molecule has 0 aromatic carbocycles. The molecule has 2 rings (SSSR count). The van der Waals surface area contributed by atoms with Gasteiger partial charge in [0.2, 0.25) is 17.2 Å². The van der Waals surface area contributed by atoms with E-state index in [1.54, 1.807) is 0 Å². The topological polar surface area (TPSA) is 76.7 Å². The Kier molecular flexibility index (Phi) is 4.36. The molecule has 3 N–H and O–H groups in total. The van der Waals surface area contributed by atoms with Gasteiger partial charge in [-0.1, -0.05) is 25.7 Å². The Morgan fingerprint density at radius 1 is 1.24 bits per heavy atom. The van der Waals surface area contributed by atoms with Gasteiger partial charge in [-0.3, -0.25) is 0 Å². The average Bonchev–Trinajstić information content (AvgIpc) is 2.76. The van der Waals surface area contributed by atoms with E-state index in [1.165, 1.54) is 32.1 Å². The third-order valence-electron chi connectivity index (χ3n) is 3.17. The van der Waals surface area contributed by atoms with Gasteiger partial charge in [-0.2, -0.15) is 15.0 Å². The van der Waals surface area contributed by atoms with Crippen LogP contribution in [0.2, 0.25) is 5.28 Å². The van der Waals surface area contributed by atoms with Gasteiger partial charge in [0.15, 0.2) is 0 Å². The van der Waals surface area contributed by atoms with Crippen LogP contribution >= 0.6 is 11.6 Å². The molecule has 0 atom stereocenters. The second-order valence-corrected chi connectivity index (χ2v) is 4.84. The standard InChI is InChI=1S/C11H18ClN5/c12-9-15-10(13)17-11(16-9)14-7-3-6-8-4-1-2-5-8/h8H,1-7H2,(H3,13,14,15,16,17). The highest BCUT2D eigenvalue weighted by Gasteiger charge is 2.13. The predicted molar refractivity (Wildman–Crippen MR) is 68.9 cm³/mol. The maximum atomic E-state index is 5.68. The summed E-state index contributed by atoms with van der Waals surface area (Å²) < 4.78 is 0. The second-order valence-electron chi connectivity index (χ2n) is 4.51. The van der Waals surface area contributed by atoms with Crippen molar-refractivity contribution in [2.24, 2.45) is 5.92 Å². The van der Waals surface area contributed by atoms with Gasteiger partial charge < -0.3 is 11.1 Å². The van der Waals surface area contributed by atoms with Crippen molar-refractivity contribution in [1.82, 2.24) is 15.0 Å². The molecule has 5 nitrogen and oxygen atoms in total. The molecule has 0 unspecified atom stereocenters. The van der Waals surface area contributed by atoms with E-state index in [0.717, 1.165) is 18.9 Å². The Balaban J connectivity index is 1.70. The quantitative estimate of drug-likeness (QED) is 0.791. The van der Waals surface area contributed by atoms with E-state index in [2.05, 4.69) is 20.3 Å². The van der Waals surface area contributed by atoms with E-state index in [0.29, 0.717) is 5.95 Å². The number of nitrogens with one attached hydrogen (secondary N) is 1. The van der Waals surface area contributed by atoms with Crippen molar-refractivity contribution in [3.8, 4) is 0 Å². The summed E-state index contributed by atoms with van der Waals surface area (Å²) >= 11 is 5.68. The monoisotopic (exact) mass is 255 g/mol. The molecule has 1 saturated carbocycles. The maximum absolute atomic E-state index is 5.68. The van der Waals surface area contributed by atoms with Crippen molar-refractivity contribution in [3.05, 3.63) is 5.28 Å². The lowest BCUT2D eigenvalue weighted by atomic mass is 10.0. The summed E-state index contributed by atoms with van der Waals surface area (Å²) in [5.74, 6) is 1.54. The van der Waals surface area contributed by atoms with E-state index < -0.39 is 0 Å². The molecule has 1 aliphatic rings. The van der Waals surface area contributed by atoms with Gasteiger partial charge in [0.25, 0.3) is 0 Å². The molecule has 0 aliphatic heterocycles. The summed E-state index contributed by atoms with van der Waals surface area (Å²) in [6.07, 6.45) is 8.00. The third kappa shape index (κ3) is 4.00. The first kappa shape index (κ1) is 12.4. The van der Waals surface area contributed by atoms with Gasteiger partial charge in [0.05, 0.1) is 0 Å². The number of nitrogen functional groups attached to an aromatic ring is 1. The molecule has 6 heteroatoms. The Bertz CT molecular complexity index is 345. The fourth-order valence-electron chi connectivity index (χ4n) is 2.33. The Morgan fingerprint density at radius 3 is 2.71 bits per heavy atom. The summed E-state index contributed by atoms with van der Waals surface area (Å²) in [6, 6.07) is 0. The molecule has 1 aromatic heterocycles. The normalized spacial score (nSPS) is 16.3. The molecule has 0 saturated heterocycles. The van der Waals surface area contributed by atoms with Crippen LogP contribution in [0.5, 0.6) is 0 Å². The highest BCUT2D eigenvalue weighted by atomic mass is 35.5. The van der Waals surface area contributed by atoms with Gasteiger partial charge in [-0.15, -0.1) is 0 Å². The lowest BCUT2D eigenvalue weighted by Gasteiger charge is -2.09. The number of halogens is 1. The number of rotatable bonds is 5. The van der Waals surface area contributed by atoms with Gasteiger partial charge in [-0.05, 0) is 30.4 Å². The van der Waals surface area contributed by atoms with Crippen LogP contribution in [0.4, 0.5) is 11.9 Å². The van der Waals surface area contributed by atoms with Gasteiger partial charge in [-0.25, -0.2) is 0 Å². The van der Waals surface area contributed by atoms with Gasteiger partial charge >= 0.3 is 0 Å². The molecule has 0 bridgehead atoms. The summed E-state index contributed by atoms with van der Waals surface area (Å²) in [6.45, 7) is 0.857. The van der Waals surface area contributed by atoms with Crippen molar-refractivity contribution in [3.63, 3.8) is 0 Å². The molecule has 17 heavy (non-hydrogen) atoms. The molecule has 1 aliphatic carbocycles. The van der Waals surface area contributed by atoms with Crippen LogP contribution < -0.4 is 11.1 Å². The van der Waals surface area contributed by atoms with Crippen LogP contribution in [0.25, 0.3) is 0 Å². The number of hydrogen-bond donors (Lipinski definition) is 2. The summed E-state index contributed by atoms with van der Waals surface area (Å²) in [5.41, 5.74) is 5.48. The van der Waals surface area contributed by atoms with Crippen molar-refractivity contribution in [1.29, 1.82) is 0 Å². The minimum Gasteiger partial charge on any atom is -0.368 e. The van der Waals surface area contributed by atoms with Crippen molar-refractivity contribution in [2.45, 2.75) is 38.5 Å². The average molecular weight is 256 g/mol. The van der Waals surface area contributed by atoms with E-state index in [9.17, 15) is 0 Å². The van der Waals surface area contributed by atoms with Crippen molar-refractivity contribution in [2.75, 3.05) is 17.6 Å². The maximum Gasteiger partial charge on any atom is 0.228 e. The summed E-state index contributed by atoms with van der Waals surface area (Å²) in [5, 5.41) is 3.26. The summed E-state index contributed by atoms with van der Waals surface area (Å²) in [4.78, 5) is 11.6. The van der Waals surface area contributed by atoms with Crippen LogP contribution in [0, 0.1) is 5.92 Å². The van der Waals surface area contributed by atoms with Crippen LogP contribution in [-0.2, 0) is 0 Å². The Hall–Kier alpha value is -1.10. The van der Waals surface area contributed by atoms with Crippen LogP contribution in [-0.4, -0.2) is 21.5 Å². The Morgan fingerprint density at radius 2 is 2.00 bits per heavy atom. The van der Waals surface area contributed by atoms with Crippen LogP contribution in [0.1, 0.15) is 38.5 Å². The molecule has 0 spiro atoms. The molecule has 0 amide bonds. The molecule has 94 valence electrons. The molecular formula is C11H18ClN5. The summed E-state index contributed by atoms with van der Waals surface area (Å²) in [7, 11) is 0. The molecule has 1 aromatic rings. The Labute approximate surface area is 106 Å². The van der Waals surface area contributed by atoms with Crippen molar-refractivity contribution < 1.29 is 0 Å². The second kappa shape index (κ2) is 6.00. The van der Waals surface area contributed by atoms with Crippen LogP contribution in [0.15, 0.2) is 0 Å².